The lowest BCUT2D eigenvalue weighted by Gasteiger charge is -2.43. The van der Waals surface area contributed by atoms with Crippen LogP contribution in [-0.2, 0) is 11.3 Å². The van der Waals surface area contributed by atoms with E-state index in [4.69, 9.17) is 0 Å². The zero-order valence-electron chi connectivity index (χ0n) is 25.1. The van der Waals surface area contributed by atoms with E-state index in [1.807, 2.05) is 24.3 Å². The molecule has 3 aliphatic heterocycles. The summed E-state index contributed by atoms with van der Waals surface area (Å²) in [6.45, 7) is 5.47. The van der Waals surface area contributed by atoms with Gasteiger partial charge in [0.1, 0.15) is 5.82 Å². The number of likely N-dealkylation sites (N-methyl/N-ethyl adjacent to an activating group) is 1. The third-order valence-corrected chi connectivity index (χ3v) is 8.22. The van der Waals surface area contributed by atoms with E-state index in [2.05, 4.69) is 37.4 Å². The van der Waals surface area contributed by atoms with Gasteiger partial charge in [0.05, 0.1) is 20.0 Å². The Morgan fingerprint density at radius 2 is 1.81 bits per heavy atom. The number of para-hydroxylation sites is 1. The van der Waals surface area contributed by atoms with Crippen LogP contribution in [0.5, 0.6) is 0 Å². The highest BCUT2D eigenvalue weighted by Gasteiger charge is 2.48. The van der Waals surface area contributed by atoms with Gasteiger partial charge in [-0.1, -0.05) is 18.2 Å². The van der Waals surface area contributed by atoms with Crippen molar-refractivity contribution in [2.45, 2.75) is 38.1 Å². The number of carbonyl (C=O) groups is 2. The maximum atomic E-state index is 13.8. The highest BCUT2D eigenvalue weighted by molar-refractivity contribution is 5.95. The van der Waals surface area contributed by atoms with Crippen LogP contribution in [-0.4, -0.2) is 84.1 Å². The summed E-state index contributed by atoms with van der Waals surface area (Å²) in [6, 6.07) is 8.56. The Kier molecular flexibility index (Phi) is 7.04. The van der Waals surface area contributed by atoms with Gasteiger partial charge in [-0.15, -0.1) is 0 Å². The van der Waals surface area contributed by atoms with Gasteiger partial charge in [0.25, 0.3) is 5.78 Å². The zero-order chi connectivity index (χ0) is 31.4. The third kappa shape index (κ3) is 5.56. The summed E-state index contributed by atoms with van der Waals surface area (Å²) < 4.78 is 49.9. The number of hydrogen-bond donors (Lipinski definition) is 2. The monoisotopic (exact) mass is 595 g/mol. The number of nitrogens with zero attached hydrogens (tertiary/aromatic N) is 6. The Hall–Kier alpha value is -4.39. The summed E-state index contributed by atoms with van der Waals surface area (Å²) in [5, 5.41) is 5.86. The Morgan fingerprint density at radius 1 is 1.09 bits per heavy atom. The average Bonchev–Trinajstić information content (AvgIpc) is 2.99. The van der Waals surface area contributed by atoms with E-state index in [9.17, 15) is 24.1 Å². The van der Waals surface area contributed by atoms with Crippen LogP contribution in [0, 0.1) is 6.92 Å². The predicted octanol–water partition coefficient (Wildman–Crippen LogP) is 4.71. The minimum absolute atomic E-state index is 0.123. The highest BCUT2D eigenvalue weighted by Crippen LogP contribution is 2.43. The van der Waals surface area contributed by atoms with Gasteiger partial charge >= 0.3 is 12.2 Å². The smallest absolute Gasteiger partial charge is 0.374 e. The molecule has 13 heteroatoms. The normalized spacial score (nSPS) is 22.8. The van der Waals surface area contributed by atoms with Crippen molar-refractivity contribution in [1.82, 2.24) is 19.8 Å². The maximum absolute atomic E-state index is 13.8. The number of halogens is 3. The minimum atomic E-state index is -5.10. The number of hydrogen-bond acceptors (Lipinski definition) is 8. The number of anilines is 5. The van der Waals surface area contributed by atoms with Crippen molar-refractivity contribution in [3.63, 3.8) is 0 Å². The number of Topliss-reactive ketones (excluding diaryl/α,β-unsaturated/α-hetero) is 1. The molecule has 3 aliphatic rings. The molecule has 3 aromatic rings. The van der Waals surface area contributed by atoms with Crippen molar-refractivity contribution in [3.8, 4) is 0 Å². The van der Waals surface area contributed by atoms with Crippen molar-refractivity contribution < 1.29 is 24.1 Å². The molecule has 43 heavy (non-hydrogen) atoms. The second-order valence-corrected chi connectivity index (χ2v) is 11.1. The average molecular weight is 596 g/mol. The van der Waals surface area contributed by atoms with Crippen molar-refractivity contribution in [2.75, 3.05) is 60.7 Å². The van der Waals surface area contributed by atoms with Crippen LogP contribution >= 0.6 is 0 Å². The molecule has 4 heterocycles. The molecule has 2 unspecified atom stereocenters. The first-order valence-electron chi connectivity index (χ1n) is 14.5. The van der Waals surface area contributed by atoms with Gasteiger partial charge in [-0.05, 0) is 55.8 Å². The van der Waals surface area contributed by atoms with E-state index in [-0.39, 0.29) is 18.2 Å². The van der Waals surface area contributed by atoms with Crippen molar-refractivity contribution >= 4 is 40.6 Å². The number of piperazine rings is 1. The molecule has 226 valence electrons. The minimum Gasteiger partial charge on any atom is -0.374 e. The summed E-state index contributed by atoms with van der Waals surface area (Å²) in [5.74, 6) is -1.40. The van der Waals surface area contributed by atoms with E-state index < -0.39 is 36.5 Å². The van der Waals surface area contributed by atoms with Crippen LogP contribution in [0.4, 0.5) is 46.8 Å². The Bertz CT molecular complexity index is 1600. The second kappa shape index (κ2) is 11.0. The van der Waals surface area contributed by atoms with Gasteiger partial charge in [-0.3, -0.25) is 9.69 Å². The molecule has 2 amide bonds. The predicted molar refractivity (Wildman–Crippen MR) is 158 cm³/mol. The number of carbonyl (C=O) groups excluding carboxylic acids is 2. The molecular formula is C30H33F3N8O2. The fourth-order valence-corrected chi connectivity index (χ4v) is 5.77. The molecule has 1 saturated heterocycles. The van der Waals surface area contributed by atoms with Gasteiger partial charge in [0.2, 0.25) is 5.95 Å². The first-order chi connectivity index (χ1) is 20.8. The third-order valence-electron chi connectivity index (χ3n) is 8.22. The number of rotatable bonds is 5. The van der Waals surface area contributed by atoms with Crippen LogP contribution in [0.25, 0.3) is 0 Å². The maximum Gasteiger partial charge on any atom is 0.452 e. The number of amides is 2. The summed E-state index contributed by atoms with van der Waals surface area (Å²) in [6.07, 6.45) is -4.14. The zero-order valence-corrected chi connectivity index (χ0v) is 24.1. The summed E-state index contributed by atoms with van der Waals surface area (Å²) in [5.41, 5.74) is 3.52. The molecule has 0 saturated carbocycles. The van der Waals surface area contributed by atoms with Crippen LogP contribution < -0.4 is 20.4 Å². The van der Waals surface area contributed by atoms with Crippen LogP contribution in [0.1, 0.15) is 30.5 Å². The number of aryl methyl sites for hydroxylation is 1. The van der Waals surface area contributed by atoms with Crippen LogP contribution in [0.15, 0.2) is 48.7 Å². The van der Waals surface area contributed by atoms with E-state index in [1.54, 1.807) is 31.3 Å². The van der Waals surface area contributed by atoms with Crippen LogP contribution in [0.2, 0.25) is 0 Å². The number of urea groups is 1. The van der Waals surface area contributed by atoms with Crippen LogP contribution in [0.3, 0.4) is 0 Å². The lowest BCUT2D eigenvalue weighted by molar-refractivity contribution is -0.172. The number of aromatic nitrogens is 2. The molecule has 2 atom stereocenters. The van der Waals surface area contributed by atoms with Gasteiger partial charge in [0, 0.05) is 62.0 Å². The van der Waals surface area contributed by atoms with Crippen molar-refractivity contribution in [3.05, 3.63) is 65.4 Å². The number of benzene rings is 2. The van der Waals surface area contributed by atoms with Gasteiger partial charge in [0.15, 0.2) is 0 Å². The standard InChI is InChI=1S/C30H33F3N8O2/c1-18-5-4-6-22-24(15-23(36-25(18)22)26(42)30(31,32)33)41-17-19-16-34-28(37-27(19)39(3)29(41)43)35-20-7-9-21(10-8-20)40-13-11-38(2)12-14-40/h4-10,16,23-24,36H,11-15,17H2,1-3H3,(H,34,35,37)/i24D. The Morgan fingerprint density at radius 3 is 2.51 bits per heavy atom. The Balaban J connectivity index is 1.25. The molecule has 6 rings (SSSR count). The van der Waals surface area contributed by atoms with E-state index in [1.165, 1.54) is 16.8 Å². The molecule has 1 fully saturated rings. The number of fused-ring (bicyclic) bond motifs is 2. The topological polar surface area (TPSA) is 96.9 Å². The van der Waals surface area contributed by atoms with E-state index >= 15 is 0 Å². The number of nitrogens with one attached hydrogen (secondary N) is 2. The second-order valence-electron chi connectivity index (χ2n) is 11.1. The van der Waals surface area contributed by atoms with E-state index in [0.29, 0.717) is 22.5 Å². The molecular weight excluding hydrogens is 561 g/mol. The molecule has 1 aromatic heterocycles. The lowest BCUT2D eigenvalue weighted by Crippen LogP contribution is -2.51. The van der Waals surface area contributed by atoms with Crippen molar-refractivity contribution in [1.29, 1.82) is 0 Å². The fourth-order valence-electron chi connectivity index (χ4n) is 5.77. The molecule has 0 spiro atoms. The largest absolute Gasteiger partial charge is 0.452 e. The summed E-state index contributed by atoms with van der Waals surface area (Å²) in [4.78, 5) is 42.1. The van der Waals surface area contributed by atoms with Gasteiger partial charge in [-0.25, -0.2) is 9.78 Å². The molecule has 0 aliphatic carbocycles. The number of ketones is 1. The Labute approximate surface area is 248 Å². The quantitative estimate of drug-likeness (QED) is 0.438. The first kappa shape index (κ1) is 27.4. The molecule has 2 N–H and O–H groups in total. The summed E-state index contributed by atoms with van der Waals surface area (Å²) in [7, 11) is 3.61. The fraction of sp³-hybridized carbons (Fsp3) is 0.400. The lowest BCUT2D eigenvalue weighted by atomic mass is 9.87. The molecule has 0 radical (unpaired) electrons. The SMILES string of the molecule is [2H]C1(N2Cc3cnc(Nc4ccc(N5CCN(C)CC5)cc4)nc3N(C)C2=O)CC(C(=O)C(F)(F)F)Nc2c(C)cccc21. The number of alkyl halides is 3. The van der Waals surface area contributed by atoms with Gasteiger partial charge < -0.3 is 25.3 Å². The first-order valence-corrected chi connectivity index (χ1v) is 14.0. The molecule has 10 nitrogen and oxygen atoms in total. The molecule has 2 aromatic carbocycles. The molecule has 0 bridgehead atoms. The summed E-state index contributed by atoms with van der Waals surface area (Å²) >= 11 is 0. The van der Waals surface area contributed by atoms with E-state index in [0.717, 1.165) is 37.6 Å². The van der Waals surface area contributed by atoms with Gasteiger partial charge in [-0.2, -0.15) is 18.2 Å². The highest BCUT2D eigenvalue weighted by atomic mass is 19.4. The van der Waals surface area contributed by atoms with Crippen molar-refractivity contribution in [2.24, 2.45) is 0 Å².